The van der Waals surface area contributed by atoms with E-state index in [0.29, 0.717) is 12.7 Å². The Morgan fingerprint density at radius 2 is 2.27 bits per heavy atom. The molecule has 1 aliphatic rings. The molecule has 15 heavy (non-hydrogen) atoms. The average molecular weight is 206 g/mol. The Morgan fingerprint density at radius 3 is 3.00 bits per heavy atom. The molecule has 0 spiro atoms. The lowest BCUT2D eigenvalue weighted by Gasteiger charge is -2.13. The van der Waals surface area contributed by atoms with Gasteiger partial charge in [0.15, 0.2) is 0 Å². The first kappa shape index (κ1) is 10.5. The van der Waals surface area contributed by atoms with Gasteiger partial charge in [-0.25, -0.2) is 0 Å². The van der Waals surface area contributed by atoms with Gasteiger partial charge >= 0.3 is 0 Å². The minimum absolute atomic E-state index is 0.296. The summed E-state index contributed by atoms with van der Waals surface area (Å²) in [5.74, 6) is 0.991. The van der Waals surface area contributed by atoms with E-state index in [4.69, 9.17) is 9.47 Å². The van der Waals surface area contributed by atoms with Crippen LogP contribution in [0.5, 0.6) is 5.75 Å². The van der Waals surface area contributed by atoms with E-state index >= 15 is 0 Å². The van der Waals surface area contributed by atoms with Crippen molar-refractivity contribution in [1.29, 1.82) is 0 Å². The van der Waals surface area contributed by atoms with Crippen molar-refractivity contribution >= 4 is 0 Å². The Kier molecular flexibility index (Phi) is 3.27. The lowest BCUT2D eigenvalue weighted by atomic mass is 10.1. The van der Waals surface area contributed by atoms with Crippen LogP contribution in [-0.2, 0) is 4.74 Å². The normalized spacial score (nSPS) is 20.5. The molecule has 82 valence electrons. The van der Waals surface area contributed by atoms with Crippen LogP contribution in [0, 0.1) is 13.8 Å². The molecule has 0 saturated carbocycles. The van der Waals surface area contributed by atoms with Crippen LogP contribution in [0.2, 0.25) is 0 Å². The van der Waals surface area contributed by atoms with Crippen LogP contribution >= 0.6 is 0 Å². The summed E-state index contributed by atoms with van der Waals surface area (Å²) in [6, 6.07) is 6.29. The van der Waals surface area contributed by atoms with E-state index in [1.54, 1.807) is 0 Å². The fourth-order valence-electron chi connectivity index (χ4n) is 1.82. The molecular weight excluding hydrogens is 188 g/mol. The van der Waals surface area contributed by atoms with Crippen molar-refractivity contribution < 1.29 is 9.47 Å². The van der Waals surface area contributed by atoms with Gasteiger partial charge in [-0.15, -0.1) is 0 Å². The SMILES string of the molecule is Cc1ccc(C)c(OCC2CCCO2)c1. The Balaban J connectivity index is 1.94. The zero-order valence-corrected chi connectivity index (χ0v) is 9.45. The Morgan fingerprint density at radius 1 is 1.40 bits per heavy atom. The fourth-order valence-corrected chi connectivity index (χ4v) is 1.82. The Hall–Kier alpha value is -1.02. The maximum absolute atomic E-state index is 5.78. The van der Waals surface area contributed by atoms with Gasteiger partial charge in [-0.1, -0.05) is 12.1 Å². The minimum atomic E-state index is 0.296. The zero-order chi connectivity index (χ0) is 10.7. The van der Waals surface area contributed by atoms with Crippen molar-refractivity contribution in [2.45, 2.75) is 32.8 Å². The summed E-state index contributed by atoms with van der Waals surface area (Å²) in [5, 5.41) is 0. The second-order valence-corrected chi connectivity index (χ2v) is 4.21. The van der Waals surface area contributed by atoms with Crippen molar-refractivity contribution in [2.75, 3.05) is 13.2 Å². The van der Waals surface area contributed by atoms with Crippen LogP contribution in [0.25, 0.3) is 0 Å². The van der Waals surface area contributed by atoms with Crippen molar-refractivity contribution in [2.24, 2.45) is 0 Å². The number of hydrogen-bond acceptors (Lipinski definition) is 2. The molecule has 1 fully saturated rings. The van der Waals surface area contributed by atoms with Crippen LogP contribution in [0.3, 0.4) is 0 Å². The van der Waals surface area contributed by atoms with Gasteiger partial charge in [0.05, 0.1) is 6.10 Å². The molecule has 1 heterocycles. The van der Waals surface area contributed by atoms with Crippen LogP contribution in [-0.4, -0.2) is 19.3 Å². The average Bonchev–Trinajstić information content (AvgIpc) is 2.72. The highest BCUT2D eigenvalue weighted by molar-refractivity contribution is 5.35. The Labute approximate surface area is 91.2 Å². The number of benzene rings is 1. The second kappa shape index (κ2) is 4.67. The highest BCUT2D eigenvalue weighted by Gasteiger charge is 2.16. The van der Waals surface area contributed by atoms with Crippen LogP contribution in [0.4, 0.5) is 0 Å². The van der Waals surface area contributed by atoms with Gasteiger partial charge in [-0.05, 0) is 43.9 Å². The molecule has 0 aliphatic carbocycles. The largest absolute Gasteiger partial charge is 0.491 e. The number of aryl methyl sites for hydroxylation is 2. The molecule has 1 aromatic carbocycles. The summed E-state index contributed by atoms with van der Waals surface area (Å²) in [5.41, 5.74) is 2.43. The Bertz CT molecular complexity index is 327. The van der Waals surface area contributed by atoms with Gasteiger partial charge in [-0.3, -0.25) is 0 Å². The summed E-state index contributed by atoms with van der Waals surface area (Å²) in [6.45, 7) is 5.73. The van der Waals surface area contributed by atoms with E-state index < -0.39 is 0 Å². The smallest absolute Gasteiger partial charge is 0.122 e. The molecule has 2 heteroatoms. The molecule has 2 nitrogen and oxygen atoms in total. The maximum Gasteiger partial charge on any atom is 0.122 e. The molecule has 0 amide bonds. The molecule has 2 rings (SSSR count). The lowest BCUT2D eigenvalue weighted by molar-refractivity contribution is 0.0677. The third kappa shape index (κ3) is 2.72. The van der Waals surface area contributed by atoms with Crippen molar-refractivity contribution in [3.05, 3.63) is 29.3 Å². The number of ether oxygens (including phenoxy) is 2. The third-order valence-corrected chi connectivity index (χ3v) is 2.79. The highest BCUT2D eigenvalue weighted by Crippen LogP contribution is 2.21. The van der Waals surface area contributed by atoms with Gasteiger partial charge < -0.3 is 9.47 Å². The van der Waals surface area contributed by atoms with Crippen molar-refractivity contribution in [1.82, 2.24) is 0 Å². The summed E-state index contributed by atoms with van der Waals surface area (Å²) in [4.78, 5) is 0. The maximum atomic E-state index is 5.78. The molecule has 0 bridgehead atoms. The van der Waals surface area contributed by atoms with E-state index in [1.165, 1.54) is 17.5 Å². The summed E-state index contributed by atoms with van der Waals surface area (Å²) < 4.78 is 11.3. The van der Waals surface area contributed by atoms with Gasteiger partial charge in [0.1, 0.15) is 12.4 Å². The van der Waals surface area contributed by atoms with Crippen molar-refractivity contribution in [3.63, 3.8) is 0 Å². The third-order valence-electron chi connectivity index (χ3n) is 2.79. The van der Waals surface area contributed by atoms with Gasteiger partial charge in [-0.2, -0.15) is 0 Å². The summed E-state index contributed by atoms with van der Waals surface area (Å²) in [6.07, 6.45) is 2.59. The van der Waals surface area contributed by atoms with E-state index in [2.05, 4.69) is 32.0 Å². The molecule has 1 aromatic rings. The minimum Gasteiger partial charge on any atom is -0.491 e. The van der Waals surface area contributed by atoms with Crippen LogP contribution < -0.4 is 4.74 Å². The van der Waals surface area contributed by atoms with E-state index in [0.717, 1.165) is 18.8 Å². The van der Waals surface area contributed by atoms with Gasteiger partial charge in [0.2, 0.25) is 0 Å². The van der Waals surface area contributed by atoms with Crippen molar-refractivity contribution in [3.8, 4) is 5.75 Å². The van der Waals surface area contributed by atoms with E-state index in [1.807, 2.05) is 0 Å². The monoisotopic (exact) mass is 206 g/mol. The quantitative estimate of drug-likeness (QED) is 0.757. The number of hydrogen-bond donors (Lipinski definition) is 0. The topological polar surface area (TPSA) is 18.5 Å². The molecule has 1 unspecified atom stereocenters. The number of rotatable bonds is 3. The van der Waals surface area contributed by atoms with Crippen LogP contribution in [0.1, 0.15) is 24.0 Å². The molecule has 0 N–H and O–H groups in total. The molecule has 1 aliphatic heterocycles. The molecule has 0 radical (unpaired) electrons. The standard InChI is InChI=1S/C13H18O2/c1-10-5-6-11(2)13(8-10)15-9-12-4-3-7-14-12/h5-6,8,12H,3-4,7,9H2,1-2H3. The molecule has 1 atom stereocenters. The molecule has 0 aromatic heterocycles. The second-order valence-electron chi connectivity index (χ2n) is 4.21. The molecular formula is C13H18O2. The molecule has 1 saturated heterocycles. The van der Waals surface area contributed by atoms with E-state index in [9.17, 15) is 0 Å². The predicted molar refractivity (Wildman–Crippen MR) is 60.4 cm³/mol. The predicted octanol–water partition coefficient (Wildman–Crippen LogP) is 2.86. The first-order valence-corrected chi connectivity index (χ1v) is 5.57. The van der Waals surface area contributed by atoms with Gasteiger partial charge in [0, 0.05) is 6.61 Å². The first-order valence-electron chi connectivity index (χ1n) is 5.57. The first-order chi connectivity index (χ1) is 7.25. The fraction of sp³-hybridized carbons (Fsp3) is 0.538. The summed E-state index contributed by atoms with van der Waals surface area (Å²) in [7, 11) is 0. The zero-order valence-electron chi connectivity index (χ0n) is 9.45. The van der Waals surface area contributed by atoms with E-state index in [-0.39, 0.29) is 0 Å². The van der Waals surface area contributed by atoms with Crippen LogP contribution in [0.15, 0.2) is 18.2 Å². The summed E-state index contributed by atoms with van der Waals surface area (Å²) >= 11 is 0. The van der Waals surface area contributed by atoms with Gasteiger partial charge in [0.25, 0.3) is 0 Å². The highest BCUT2D eigenvalue weighted by atomic mass is 16.5. The lowest BCUT2D eigenvalue weighted by Crippen LogP contribution is -2.16.